The van der Waals surface area contributed by atoms with E-state index >= 15 is 0 Å². The first kappa shape index (κ1) is 29.3. The maximum atomic E-state index is 13.8. The lowest BCUT2D eigenvalue weighted by Gasteiger charge is -2.32. The highest BCUT2D eigenvalue weighted by Crippen LogP contribution is 2.41. The van der Waals surface area contributed by atoms with Gasteiger partial charge in [0, 0.05) is 0 Å². The Hall–Kier alpha value is -2.98. The molecular weight excluding hydrogens is 466 g/mol. The number of fused-ring (bicyclic) bond motifs is 1. The van der Waals surface area contributed by atoms with Gasteiger partial charge in [0.1, 0.15) is 17.7 Å². The molecule has 0 heterocycles. The maximum Gasteiger partial charge on any atom is 0.322 e. The number of hydrogen-bond donors (Lipinski definition) is 5. The first-order valence-corrected chi connectivity index (χ1v) is 12.1. The van der Waals surface area contributed by atoms with Crippen LogP contribution in [0.2, 0.25) is 0 Å². The van der Waals surface area contributed by atoms with Crippen molar-refractivity contribution in [2.45, 2.75) is 91.7 Å². The average molecular weight is 506 g/mol. The summed E-state index contributed by atoms with van der Waals surface area (Å²) < 4.78 is 5.65. The van der Waals surface area contributed by atoms with Gasteiger partial charge in [0.2, 0.25) is 17.7 Å². The number of carbonyl (C=O) groups excluding carboxylic acids is 4. The lowest BCUT2D eigenvalue weighted by Crippen LogP contribution is -2.57. The Morgan fingerprint density at radius 3 is 1.89 bits per heavy atom. The number of nitrogens with one attached hydrogen (secondary N) is 2. The van der Waals surface area contributed by atoms with Gasteiger partial charge in [-0.1, -0.05) is 26.0 Å². The van der Waals surface area contributed by atoms with Gasteiger partial charge in [-0.15, -0.1) is 0 Å². The van der Waals surface area contributed by atoms with E-state index in [0.29, 0.717) is 22.3 Å². The minimum atomic E-state index is -1.65. The summed E-state index contributed by atoms with van der Waals surface area (Å²) in [5, 5.41) is 24.6. The Kier molecular flexibility index (Phi) is 9.25. The number of aliphatic hydroxyl groups excluding tert-OH is 2. The lowest BCUT2D eigenvalue weighted by molar-refractivity contribution is -0.171. The topological polar surface area (TPSA) is 168 Å². The van der Waals surface area contributed by atoms with E-state index in [1.165, 1.54) is 6.92 Å². The average Bonchev–Trinajstić information content (AvgIpc) is 3.15. The van der Waals surface area contributed by atoms with Crippen LogP contribution in [-0.4, -0.2) is 51.6 Å². The third kappa shape index (κ3) is 6.82. The van der Waals surface area contributed by atoms with Gasteiger partial charge in [0.15, 0.2) is 5.41 Å². The van der Waals surface area contributed by atoms with Gasteiger partial charge in [0.05, 0.1) is 13.2 Å². The van der Waals surface area contributed by atoms with Crippen LogP contribution in [0, 0.1) is 11.3 Å². The number of hydrogen-bond acceptors (Lipinski definition) is 7. The number of rotatable bonds is 10. The third-order valence-electron chi connectivity index (χ3n) is 6.19. The number of amides is 3. The molecule has 0 unspecified atom stereocenters. The summed E-state index contributed by atoms with van der Waals surface area (Å²) in [7, 11) is 0. The number of primary amides is 1. The zero-order chi connectivity index (χ0) is 27.4. The van der Waals surface area contributed by atoms with Gasteiger partial charge < -0.3 is 31.3 Å². The largest absolute Gasteiger partial charge is 0.459 e. The second kappa shape index (κ2) is 11.4. The van der Waals surface area contributed by atoms with Crippen LogP contribution in [0.1, 0.15) is 70.2 Å². The number of benzene rings is 1. The molecule has 0 fully saturated rings. The molecule has 3 amide bonds. The smallest absolute Gasteiger partial charge is 0.322 e. The number of nitrogens with two attached hydrogens (primary N) is 1. The Labute approximate surface area is 212 Å². The molecule has 10 heteroatoms. The van der Waals surface area contributed by atoms with Crippen molar-refractivity contribution in [2.75, 3.05) is 0 Å². The highest BCUT2D eigenvalue weighted by atomic mass is 16.6. The fourth-order valence-electron chi connectivity index (χ4n) is 4.29. The van der Waals surface area contributed by atoms with Crippen molar-refractivity contribution in [3.8, 4) is 0 Å². The molecule has 0 bridgehead atoms. The van der Waals surface area contributed by atoms with Gasteiger partial charge in [-0.05, 0) is 75.1 Å². The maximum absolute atomic E-state index is 13.8. The zero-order valence-electron chi connectivity index (χ0n) is 21.9. The van der Waals surface area contributed by atoms with Crippen molar-refractivity contribution >= 4 is 23.7 Å². The normalized spacial score (nSPS) is 16.1. The molecule has 0 aromatic heterocycles. The molecule has 0 radical (unpaired) electrons. The molecule has 36 heavy (non-hydrogen) atoms. The van der Waals surface area contributed by atoms with E-state index in [9.17, 15) is 29.4 Å². The molecule has 0 saturated carbocycles. The quantitative estimate of drug-likeness (QED) is 0.229. The fourth-order valence-corrected chi connectivity index (χ4v) is 4.29. The van der Waals surface area contributed by atoms with Crippen LogP contribution in [-0.2, 0) is 50.0 Å². The predicted molar refractivity (Wildman–Crippen MR) is 132 cm³/mol. The standard InChI is InChI=1S/C26H39N3O7/c1-14(2)7-20(22(33)28-15(3)21(27)32)29-23(34)26(24(35)36-25(4,5)6)10-16-8-18(12-30)19(13-31)9-17(16)11-26/h8-9,14-15,20,30-31H,7,10-13H2,1-6H3,(H2,27,32)(H,28,33)(H,29,34)/t15-,20+/m0/s1. The van der Waals surface area contributed by atoms with Crippen LogP contribution in [0.3, 0.4) is 0 Å². The van der Waals surface area contributed by atoms with E-state index < -0.39 is 46.8 Å². The molecule has 0 spiro atoms. The molecule has 1 aliphatic rings. The van der Waals surface area contributed by atoms with Crippen LogP contribution in [0.15, 0.2) is 12.1 Å². The minimum Gasteiger partial charge on any atom is -0.459 e. The fraction of sp³-hybridized carbons (Fsp3) is 0.615. The van der Waals surface area contributed by atoms with E-state index in [-0.39, 0.29) is 38.4 Å². The molecular formula is C26H39N3O7. The molecule has 0 aliphatic heterocycles. The molecule has 10 nitrogen and oxygen atoms in total. The summed E-state index contributed by atoms with van der Waals surface area (Å²) in [6.45, 7) is 9.71. The first-order chi connectivity index (χ1) is 16.6. The Balaban J connectivity index is 2.46. The number of ether oxygens (including phenoxy) is 1. The van der Waals surface area contributed by atoms with Crippen LogP contribution in [0.25, 0.3) is 0 Å². The molecule has 2 atom stereocenters. The van der Waals surface area contributed by atoms with Crippen LogP contribution in [0.4, 0.5) is 0 Å². The van der Waals surface area contributed by atoms with Gasteiger partial charge in [-0.3, -0.25) is 19.2 Å². The van der Waals surface area contributed by atoms with Crippen LogP contribution >= 0.6 is 0 Å². The molecule has 6 N–H and O–H groups in total. The van der Waals surface area contributed by atoms with Crippen LogP contribution in [0.5, 0.6) is 0 Å². The Bertz CT molecular complexity index is 981. The van der Waals surface area contributed by atoms with E-state index in [2.05, 4.69) is 10.6 Å². The first-order valence-electron chi connectivity index (χ1n) is 12.1. The summed E-state index contributed by atoms with van der Waals surface area (Å²) in [4.78, 5) is 51.7. The highest BCUT2D eigenvalue weighted by molar-refractivity contribution is 6.05. The van der Waals surface area contributed by atoms with Crippen molar-refractivity contribution < 1.29 is 34.1 Å². The van der Waals surface area contributed by atoms with Crippen molar-refractivity contribution in [1.82, 2.24) is 10.6 Å². The predicted octanol–water partition coefficient (Wildman–Crippen LogP) is 0.619. The second-order valence-corrected chi connectivity index (χ2v) is 10.9. The molecule has 1 aromatic rings. The monoisotopic (exact) mass is 505 g/mol. The van der Waals surface area contributed by atoms with Gasteiger partial charge in [-0.25, -0.2) is 0 Å². The summed E-state index contributed by atoms with van der Waals surface area (Å²) in [5.74, 6) is -2.68. The molecule has 1 aromatic carbocycles. The third-order valence-corrected chi connectivity index (χ3v) is 6.19. The van der Waals surface area contributed by atoms with E-state index in [1.807, 2.05) is 13.8 Å². The Morgan fingerprint density at radius 1 is 1.00 bits per heavy atom. The summed E-state index contributed by atoms with van der Waals surface area (Å²) in [5.41, 5.74) is 5.14. The van der Waals surface area contributed by atoms with Crippen molar-refractivity contribution in [1.29, 1.82) is 0 Å². The van der Waals surface area contributed by atoms with E-state index in [4.69, 9.17) is 10.5 Å². The lowest BCUT2D eigenvalue weighted by atomic mass is 9.82. The highest BCUT2D eigenvalue weighted by Gasteiger charge is 2.53. The van der Waals surface area contributed by atoms with Gasteiger partial charge in [-0.2, -0.15) is 0 Å². The second-order valence-electron chi connectivity index (χ2n) is 10.9. The van der Waals surface area contributed by atoms with E-state index in [0.717, 1.165) is 0 Å². The van der Waals surface area contributed by atoms with Gasteiger partial charge >= 0.3 is 5.97 Å². The number of esters is 1. The van der Waals surface area contributed by atoms with Crippen molar-refractivity contribution in [2.24, 2.45) is 17.1 Å². The zero-order valence-corrected chi connectivity index (χ0v) is 21.9. The van der Waals surface area contributed by atoms with Crippen molar-refractivity contribution in [3.05, 3.63) is 34.4 Å². The Morgan fingerprint density at radius 2 is 1.50 bits per heavy atom. The van der Waals surface area contributed by atoms with Crippen molar-refractivity contribution in [3.63, 3.8) is 0 Å². The number of carbonyl (C=O) groups is 4. The molecule has 200 valence electrons. The number of aliphatic hydroxyl groups is 2. The molecule has 0 saturated heterocycles. The molecule has 2 rings (SSSR count). The minimum absolute atomic E-state index is 0.00942. The summed E-state index contributed by atoms with van der Waals surface area (Å²) in [6.07, 6.45) is 0.286. The summed E-state index contributed by atoms with van der Waals surface area (Å²) >= 11 is 0. The van der Waals surface area contributed by atoms with Gasteiger partial charge in [0.25, 0.3) is 0 Å². The molecule has 1 aliphatic carbocycles. The van der Waals surface area contributed by atoms with E-state index in [1.54, 1.807) is 32.9 Å². The summed E-state index contributed by atoms with van der Waals surface area (Å²) in [6, 6.07) is 1.43. The van der Waals surface area contributed by atoms with Crippen LogP contribution < -0.4 is 16.4 Å². The SMILES string of the molecule is CC(C)C[C@@H](NC(=O)C1(C(=O)OC(C)(C)C)Cc2cc(CO)c(CO)cc2C1)C(=O)N[C@@H](C)C(N)=O.